The number of nitrogens with zero attached hydrogens (tertiary/aromatic N) is 2. The minimum Gasteiger partial charge on any atom is -0.388 e. The van der Waals surface area contributed by atoms with E-state index < -0.39 is 5.60 Å². The molecule has 1 aromatic heterocycles. The maximum atomic E-state index is 12.2. The van der Waals surface area contributed by atoms with E-state index in [1.165, 1.54) is 6.42 Å². The van der Waals surface area contributed by atoms with Gasteiger partial charge in [-0.3, -0.25) is 9.48 Å². The first-order valence-corrected chi connectivity index (χ1v) is 7.46. The first-order valence-electron chi connectivity index (χ1n) is 7.46. The van der Waals surface area contributed by atoms with Gasteiger partial charge in [-0.1, -0.05) is 33.1 Å². The van der Waals surface area contributed by atoms with Crippen molar-refractivity contribution < 1.29 is 9.90 Å². The molecule has 1 aromatic rings. The lowest BCUT2D eigenvalue weighted by molar-refractivity contribution is 0.00517. The molecule has 20 heavy (non-hydrogen) atoms. The molecule has 1 fully saturated rings. The smallest absolute Gasteiger partial charge is 0.269 e. The van der Waals surface area contributed by atoms with Crippen LogP contribution in [0, 0.1) is 0 Å². The Morgan fingerprint density at radius 1 is 1.45 bits per heavy atom. The molecule has 1 heterocycles. The molecule has 0 aromatic carbocycles. The summed E-state index contributed by atoms with van der Waals surface area (Å²) in [5, 5.41) is 17.6. The molecule has 5 heteroatoms. The number of rotatable bonds is 4. The van der Waals surface area contributed by atoms with E-state index in [1.54, 1.807) is 11.7 Å². The highest BCUT2D eigenvalue weighted by Gasteiger charge is 2.30. The Hall–Kier alpha value is -1.36. The largest absolute Gasteiger partial charge is 0.388 e. The van der Waals surface area contributed by atoms with Gasteiger partial charge in [0, 0.05) is 13.6 Å². The Kier molecular flexibility index (Phi) is 4.48. The summed E-state index contributed by atoms with van der Waals surface area (Å²) in [5.41, 5.74) is 0.732. The summed E-state index contributed by atoms with van der Waals surface area (Å²) in [5.74, 6) is 0.135. The molecule has 1 aliphatic carbocycles. The highest BCUT2D eigenvalue weighted by molar-refractivity contribution is 5.92. The molecule has 5 nitrogen and oxygen atoms in total. The number of carbonyl (C=O) groups is 1. The molecular weight excluding hydrogens is 254 g/mol. The number of carbonyl (C=O) groups excluding carboxylic acids is 1. The Balaban J connectivity index is 1.98. The zero-order valence-electron chi connectivity index (χ0n) is 12.6. The Bertz CT molecular complexity index is 473. The molecule has 2 rings (SSSR count). The minimum absolute atomic E-state index is 0.161. The molecule has 0 spiro atoms. The predicted octanol–water partition coefficient (Wildman–Crippen LogP) is 1.97. The molecule has 0 radical (unpaired) electrons. The van der Waals surface area contributed by atoms with Gasteiger partial charge in [0.05, 0.1) is 11.3 Å². The molecule has 0 atom stereocenters. The van der Waals surface area contributed by atoms with Gasteiger partial charge in [-0.25, -0.2) is 0 Å². The quantitative estimate of drug-likeness (QED) is 0.885. The third-order valence-corrected chi connectivity index (χ3v) is 4.09. The molecule has 112 valence electrons. The summed E-state index contributed by atoms with van der Waals surface area (Å²) in [4.78, 5) is 12.2. The number of hydrogen-bond donors (Lipinski definition) is 2. The van der Waals surface area contributed by atoms with Gasteiger partial charge in [0.15, 0.2) is 0 Å². The van der Waals surface area contributed by atoms with Crippen molar-refractivity contribution in [3.05, 3.63) is 17.5 Å². The van der Waals surface area contributed by atoms with Crippen LogP contribution in [0.25, 0.3) is 0 Å². The Labute approximate surface area is 120 Å². The lowest BCUT2D eigenvalue weighted by Crippen LogP contribution is -2.44. The minimum atomic E-state index is -0.729. The fourth-order valence-corrected chi connectivity index (χ4v) is 2.71. The summed E-state index contributed by atoms with van der Waals surface area (Å²) in [6, 6.07) is 1.82. The van der Waals surface area contributed by atoms with Crippen molar-refractivity contribution in [2.45, 2.75) is 57.5 Å². The van der Waals surface area contributed by atoms with Gasteiger partial charge in [-0.05, 0) is 24.8 Å². The Morgan fingerprint density at radius 3 is 2.65 bits per heavy atom. The standard InChI is InChI=1S/C15H25N3O2/c1-11(2)12-9-13(18(3)17-12)14(19)16-10-15(20)7-5-4-6-8-15/h9,11,20H,4-8,10H2,1-3H3,(H,16,19). The van der Waals surface area contributed by atoms with Gasteiger partial charge in [-0.15, -0.1) is 0 Å². The number of amides is 1. The van der Waals surface area contributed by atoms with E-state index in [9.17, 15) is 9.90 Å². The van der Waals surface area contributed by atoms with Crippen LogP contribution in [0.4, 0.5) is 0 Å². The number of nitrogens with one attached hydrogen (secondary N) is 1. The molecule has 0 unspecified atom stereocenters. The summed E-state index contributed by atoms with van der Waals surface area (Å²) in [6.07, 6.45) is 4.80. The molecular formula is C15H25N3O2. The van der Waals surface area contributed by atoms with Gasteiger partial charge in [0.25, 0.3) is 5.91 Å². The average Bonchev–Trinajstić information content (AvgIpc) is 2.79. The van der Waals surface area contributed by atoms with Gasteiger partial charge < -0.3 is 10.4 Å². The van der Waals surface area contributed by atoms with E-state index in [1.807, 2.05) is 6.07 Å². The summed E-state index contributed by atoms with van der Waals surface area (Å²) < 4.78 is 1.61. The maximum Gasteiger partial charge on any atom is 0.269 e. The fourth-order valence-electron chi connectivity index (χ4n) is 2.71. The Morgan fingerprint density at radius 2 is 2.10 bits per heavy atom. The molecule has 1 aliphatic rings. The van der Waals surface area contributed by atoms with Crippen molar-refractivity contribution in [2.24, 2.45) is 7.05 Å². The van der Waals surface area contributed by atoms with Crippen molar-refractivity contribution >= 4 is 5.91 Å². The summed E-state index contributed by atoms with van der Waals surface area (Å²) in [6.45, 7) is 4.43. The van der Waals surface area contributed by atoms with E-state index >= 15 is 0 Å². The van der Waals surface area contributed by atoms with Gasteiger partial charge >= 0.3 is 0 Å². The SMILES string of the molecule is CC(C)c1cc(C(=O)NCC2(O)CCCCC2)n(C)n1. The highest BCUT2D eigenvalue weighted by Crippen LogP contribution is 2.27. The van der Waals surface area contributed by atoms with E-state index in [4.69, 9.17) is 0 Å². The van der Waals surface area contributed by atoms with Gasteiger partial charge in [0.1, 0.15) is 5.69 Å². The van der Waals surface area contributed by atoms with E-state index in [0.29, 0.717) is 18.2 Å². The lowest BCUT2D eigenvalue weighted by atomic mass is 9.85. The van der Waals surface area contributed by atoms with Crippen molar-refractivity contribution in [1.29, 1.82) is 0 Å². The van der Waals surface area contributed by atoms with Gasteiger partial charge in [-0.2, -0.15) is 5.10 Å². The second-order valence-electron chi connectivity index (χ2n) is 6.20. The molecule has 2 N–H and O–H groups in total. The van der Waals surface area contributed by atoms with Crippen LogP contribution in [0.3, 0.4) is 0 Å². The molecule has 0 bridgehead atoms. The summed E-state index contributed by atoms with van der Waals surface area (Å²) in [7, 11) is 1.77. The van der Waals surface area contributed by atoms with Crippen LogP contribution in [-0.2, 0) is 7.05 Å². The van der Waals surface area contributed by atoms with E-state index in [-0.39, 0.29) is 5.91 Å². The first-order chi connectivity index (χ1) is 9.41. The number of aliphatic hydroxyl groups is 1. The number of aromatic nitrogens is 2. The maximum absolute atomic E-state index is 12.2. The lowest BCUT2D eigenvalue weighted by Gasteiger charge is -2.32. The normalized spacial score (nSPS) is 18.2. The second kappa shape index (κ2) is 5.95. The van der Waals surface area contributed by atoms with Crippen LogP contribution >= 0.6 is 0 Å². The van der Waals surface area contributed by atoms with E-state index in [2.05, 4.69) is 24.3 Å². The summed E-state index contributed by atoms with van der Waals surface area (Å²) >= 11 is 0. The number of hydrogen-bond acceptors (Lipinski definition) is 3. The van der Waals surface area contributed by atoms with E-state index in [0.717, 1.165) is 31.4 Å². The average molecular weight is 279 g/mol. The monoisotopic (exact) mass is 279 g/mol. The predicted molar refractivity (Wildman–Crippen MR) is 77.7 cm³/mol. The zero-order chi connectivity index (χ0) is 14.8. The van der Waals surface area contributed by atoms with Crippen molar-refractivity contribution in [1.82, 2.24) is 15.1 Å². The van der Waals surface area contributed by atoms with Gasteiger partial charge in [0.2, 0.25) is 0 Å². The second-order valence-corrected chi connectivity index (χ2v) is 6.20. The first kappa shape index (κ1) is 15.0. The topological polar surface area (TPSA) is 67.2 Å². The third-order valence-electron chi connectivity index (χ3n) is 4.09. The molecule has 0 aliphatic heterocycles. The molecule has 0 saturated heterocycles. The fraction of sp³-hybridized carbons (Fsp3) is 0.733. The van der Waals surface area contributed by atoms with Crippen LogP contribution in [0.1, 0.15) is 68.1 Å². The van der Waals surface area contributed by atoms with Crippen molar-refractivity contribution in [3.63, 3.8) is 0 Å². The van der Waals surface area contributed by atoms with Crippen LogP contribution in [0.5, 0.6) is 0 Å². The van der Waals surface area contributed by atoms with Crippen LogP contribution < -0.4 is 5.32 Å². The highest BCUT2D eigenvalue weighted by atomic mass is 16.3. The molecule has 1 amide bonds. The van der Waals surface area contributed by atoms with Crippen LogP contribution in [0.2, 0.25) is 0 Å². The van der Waals surface area contributed by atoms with Crippen molar-refractivity contribution in [2.75, 3.05) is 6.54 Å². The zero-order valence-corrected chi connectivity index (χ0v) is 12.6. The molecule has 1 saturated carbocycles. The van der Waals surface area contributed by atoms with Crippen molar-refractivity contribution in [3.8, 4) is 0 Å². The third kappa shape index (κ3) is 3.39. The van der Waals surface area contributed by atoms with Crippen LogP contribution in [0.15, 0.2) is 6.07 Å². The van der Waals surface area contributed by atoms with Crippen LogP contribution in [-0.4, -0.2) is 32.9 Å². The number of aryl methyl sites for hydroxylation is 1.